The number of terminal acetylenes is 1. The lowest BCUT2D eigenvalue weighted by atomic mass is 10.1. The van der Waals surface area contributed by atoms with Crippen LogP contribution in [-0.4, -0.2) is 13.6 Å². The van der Waals surface area contributed by atoms with Crippen molar-refractivity contribution < 1.29 is 13.2 Å². The summed E-state index contributed by atoms with van der Waals surface area (Å²) in [6.45, 7) is 0.260. The molecule has 0 amide bonds. The SMILES string of the molecule is C#CCN(C)c1ccc(C(F)(F)F)c(C#N)c1. The fourth-order valence-electron chi connectivity index (χ4n) is 1.34. The van der Waals surface area contributed by atoms with Crippen LogP contribution >= 0.6 is 0 Å². The molecule has 0 aliphatic carbocycles. The molecule has 1 aromatic carbocycles. The van der Waals surface area contributed by atoms with E-state index in [4.69, 9.17) is 11.7 Å². The van der Waals surface area contributed by atoms with E-state index in [2.05, 4.69) is 5.92 Å². The molecule has 0 unspecified atom stereocenters. The van der Waals surface area contributed by atoms with Crippen molar-refractivity contribution in [2.24, 2.45) is 0 Å². The van der Waals surface area contributed by atoms with Crippen LogP contribution in [0.2, 0.25) is 0 Å². The Hall–Kier alpha value is -2.14. The molecule has 1 rings (SSSR count). The average Bonchev–Trinajstić information content (AvgIpc) is 2.27. The summed E-state index contributed by atoms with van der Waals surface area (Å²) in [6, 6.07) is 4.90. The lowest BCUT2D eigenvalue weighted by Gasteiger charge is -2.17. The van der Waals surface area contributed by atoms with Crippen molar-refractivity contribution in [2.75, 3.05) is 18.5 Å². The predicted octanol–water partition coefficient (Wildman–Crippen LogP) is 2.65. The smallest absolute Gasteiger partial charge is 0.363 e. The summed E-state index contributed by atoms with van der Waals surface area (Å²) in [6.07, 6.45) is 0.580. The van der Waals surface area contributed by atoms with Crippen LogP contribution < -0.4 is 4.90 Å². The minimum Gasteiger partial charge on any atom is -0.363 e. The fourth-order valence-corrected chi connectivity index (χ4v) is 1.34. The summed E-state index contributed by atoms with van der Waals surface area (Å²) in [5.41, 5.74) is -0.857. The first-order chi connectivity index (χ1) is 7.90. The molecule has 1 aromatic rings. The van der Waals surface area contributed by atoms with Gasteiger partial charge in [0.05, 0.1) is 23.7 Å². The third-order valence-electron chi connectivity index (χ3n) is 2.20. The van der Waals surface area contributed by atoms with Crippen LogP contribution in [0, 0.1) is 23.7 Å². The standard InChI is InChI=1S/C12H9F3N2/c1-3-6-17(2)10-4-5-11(12(13,14)15)9(7-10)8-16/h1,4-5,7H,6H2,2H3. The lowest BCUT2D eigenvalue weighted by Crippen LogP contribution is -2.18. The number of benzene rings is 1. The fraction of sp³-hybridized carbons (Fsp3) is 0.250. The van der Waals surface area contributed by atoms with Gasteiger partial charge < -0.3 is 4.90 Å². The van der Waals surface area contributed by atoms with Gasteiger partial charge in [0.1, 0.15) is 0 Å². The molecule has 0 aliphatic heterocycles. The van der Waals surface area contributed by atoms with Gasteiger partial charge in [0.2, 0.25) is 0 Å². The molecule has 0 aliphatic rings. The van der Waals surface area contributed by atoms with E-state index < -0.39 is 17.3 Å². The largest absolute Gasteiger partial charge is 0.417 e. The zero-order valence-corrected chi connectivity index (χ0v) is 9.04. The maximum atomic E-state index is 12.5. The maximum Gasteiger partial charge on any atom is 0.417 e. The van der Waals surface area contributed by atoms with Crippen LogP contribution in [0.5, 0.6) is 0 Å². The van der Waals surface area contributed by atoms with Crippen molar-refractivity contribution in [1.29, 1.82) is 5.26 Å². The Balaban J connectivity index is 3.20. The first kappa shape index (κ1) is 12.9. The number of nitrogens with zero attached hydrogens (tertiary/aromatic N) is 2. The van der Waals surface area contributed by atoms with Crippen LogP contribution in [0.1, 0.15) is 11.1 Å². The molecule has 0 spiro atoms. The number of rotatable bonds is 2. The quantitative estimate of drug-likeness (QED) is 0.740. The van der Waals surface area contributed by atoms with Gasteiger partial charge in [-0.25, -0.2) is 0 Å². The molecule has 0 saturated carbocycles. The first-order valence-electron chi connectivity index (χ1n) is 4.66. The molecule has 0 saturated heterocycles. The monoisotopic (exact) mass is 238 g/mol. The number of alkyl halides is 3. The van der Waals surface area contributed by atoms with E-state index in [0.717, 1.165) is 6.07 Å². The summed E-state index contributed by atoms with van der Waals surface area (Å²) < 4.78 is 37.6. The minimum atomic E-state index is -4.52. The summed E-state index contributed by atoms with van der Waals surface area (Å²) in [5, 5.41) is 8.71. The molecule has 0 atom stereocenters. The molecule has 17 heavy (non-hydrogen) atoms. The predicted molar refractivity (Wildman–Crippen MR) is 58.3 cm³/mol. The number of halogens is 3. The second kappa shape index (κ2) is 4.80. The minimum absolute atomic E-state index is 0.260. The molecule has 2 nitrogen and oxygen atoms in total. The lowest BCUT2D eigenvalue weighted by molar-refractivity contribution is -0.137. The Bertz CT molecular complexity index is 492. The first-order valence-corrected chi connectivity index (χ1v) is 4.66. The Labute approximate surface area is 97.3 Å². The van der Waals surface area contributed by atoms with Crippen LogP contribution in [0.3, 0.4) is 0 Å². The third-order valence-corrected chi connectivity index (χ3v) is 2.20. The van der Waals surface area contributed by atoms with E-state index in [1.807, 2.05) is 0 Å². The van der Waals surface area contributed by atoms with Gasteiger partial charge in [-0.2, -0.15) is 18.4 Å². The van der Waals surface area contributed by atoms with Crippen molar-refractivity contribution in [3.05, 3.63) is 29.3 Å². The van der Waals surface area contributed by atoms with E-state index in [9.17, 15) is 13.2 Å². The van der Waals surface area contributed by atoms with Gasteiger partial charge in [-0.05, 0) is 18.2 Å². The van der Waals surface area contributed by atoms with Crippen molar-refractivity contribution >= 4 is 5.69 Å². The molecule has 0 N–H and O–H groups in total. The van der Waals surface area contributed by atoms with E-state index in [1.54, 1.807) is 18.0 Å². The second-order valence-corrected chi connectivity index (χ2v) is 3.40. The Morgan fingerprint density at radius 3 is 2.53 bits per heavy atom. The summed E-state index contributed by atoms with van der Waals surface area (Å²) in [7, 11) is 1.64. The highest BCUT2D eigenvalue weighted by Crippen LogP contribution is 2.33. The van der Waals surface area contributed by atoms with Crippen molar-refractivity contribution in [3.63, 3.8) is 0 Å². The number of anilines is 1. The highest BCUT2D eigenvalue weighted by atomic mass is 19.4. The van der Waals surface area contributed by atoms with E-state index >= 15 is 0 Å². The van der Waals surface area contributed by atoms with E-state index in [1.165, 1.54) is 12.1 Å². The van der Waals surface area contributed by atoms with Gasteiger partial charge >= 0.3 is 6.18 Å². The molecule has 5 heteroatoms. The van der Waals surface area contributed by atoms with Crippen LogP contribution in [0.4, 0.5) is 18.9 Å². The molecule has 0 bridgehead atoms. The zero-order valence-electron chi connectivity index (χ0n) is 9.04. The Morgan fingerprint density at radius 1 is 1.41 bits per heavy atom. The third kappa shape index (κ3) is 2.92. The number of nitriles is 1. The van der Waals surface area contributed by atoms with Crippen molar-refractivity contribution in [3.8, 4) is 18.4 Å². The topological polar surface area (TPSA) is 27.0 Å². The summed E-state index contributed by atoms with van der Waals surface area (Å²) in [4.78, 5) is 1.58. The van der Waals surface area contributed by atoms with Gasteiger partial charge in [0, 0.05) is 12.7 Å². The maximum absolute atomic E-state index is 12.5. The van der Waals surface area contributed by atoms with Gasteiger partial charge in [-0.1, -0.05) is 5.92 Å². The van der Waals surface area contributed by atoms with Crippen molar-refractivity contribution in [1.82, 2.24) is 0 Å². The Kier molecular flexibility index (Phi) is 3.65. The molecule has 0 aromatic heterocycles. The number of hydrogen-bond donors (Lipinski definition) is 0. The van der Waals surface area contributed by atoms with Gasteiger partial charge in [-0.15, -0.1) is 6.42 Å². The molecule has 0 heterocycles. The van der Waals surface area contributed by atoms with Crippen molar-refractivity contribution in [2.45, 2.75) is 6.18 Å². The molecular weight excluding hydrogens is 229 g/mol. The average molecular weight is 238 g/mol. The second-order valence-electron chi connectivity index (χ2n) is 3.40. The van der Waals surface area contributed by atoms with Gasteiger partial charge in [0.25, 0.3) is 0 Å². The normalized spacial score (nSPS) is 10.5. The summed E-state index contributed by atoms with van der Waals surface area (Å²) >= 11 is 0. The highest BCUT2D eigenvalue weighted by Gasteiger charge is 2.33. The summed E-state index contributed by atoms with van der Waals surface area (Å²) in [5.74, 6) is 2.37. The van der Waals surface area contributed by atoms with E-state index in [0.29, 0.717) is 5.69 Å². The van der Waals surface area contributed by atoms with Crippen LogP contribution in [0.15, 0.2) is 18.2 Å². The van der Waals surface area contributed by atoms with E-state index in [-0.39, 0.29) is 6.54 Å². The molecular formula is C12H9F3N2. The zero-order chi connectivity index (χ0) is 13.1. The number of hydrogen-bond acceptors (Lipinski definition) is 2. The molecule has 0 radical (unpaired) electrons. The highest BCUT2D eigenvalue weighted by molar-refractivity contribution is 5.55. The van der Waals surface area contributed by atoms with Crippen LogP contribution in [-0.2, 0) is 6.18 Å². The van der Waals surface area contributed by atoms with Crippen LogP contribution in [0.25, 0.3) is 0 Å². The molecule has 0 fully saturated rings. The molecule has 88 valence electrons. The van der Waals surface area contributed by atoms with Gasteiger partial charge in [0.15, 0.2) is 0 Å². The van der Waals surface area contributed by atoms with Gasteiger partial charge in [-0.3, -0.25) is 0 Å². The Morgan fingerprint density at radius 2 is 2.06 bits per heavy atom.